The predicted octanol–water partition coefficient (Wildman–Crippen LogP) is 4.51. The molecule has 0 fully saturated rings. The molecule has 1 aromatic heterocycles. The van der Waals surface area contributed by atoms with Crippen LogP contribution in [0.15, 0.2) is 54.6 Å². The first-order valence-corrected chi connectivity index (χ1v) is 8.62. The van der Waals surface area contributed by atoms with Gasteiger partial charge in [-0.05, 0) is 51.2 Å². The molecular weight excluding hydrogens is 334 g/mol. The molecule has 1 aliphatic rings. The number of hydrogen-bond donors (Lipinski definition) is 1. The fraction of sp³-hybridized carbons (Fsp3) is 0.211. The van der Waals surface area contributed by atoms with Gasteiger partial charge in [0, 0.05) is 10.7 Å². The van der Waals surface area contributed by atoms with E-state index in [9.17, 15) is 0 Å². The van der Waals surface area contributed by atoms with Gasteiger partial charge < -0.3 is 5.32 Å². The Hall–Kier alpha value is -2.66. The van der Waals surface area contributed by atoms with Gasteiger partial charge in [0.1, 0.15) is 6.04 Å². The second-order valence-electron chi connectivity index (χ2n) is 6.43. The molecule has 3 aromatic rings. The molecule has 2 aromatic carbocycles. The van der Waals surface area contributed by atoms with E-state index < -0.39 is 0 Å². The van der Waals surface area contributed by atoms with Gasteiger partial charge in [-0.15, -0.1) is 0 Å². The third-order valence-corrected chi connectivity index (χ3v) is 4.68. The van der Waals surface area contributed by atoms with E-state index in [1.54, 1.807) is 4.68 Å². The van der Waals surface area contributed by atoms with Crippen molar-refractivity contribution < 1.29 is 0 Å². The zero-order valence-electron chi connectivity index (χ0n) is 14.0. The van der Waals surface area contributed by atoms with Crippen LogP contribution in [0.25, 0.3) is 5.70 Å². The Balaban J connectivity index is 1.74. The number of allylic oxidation sites excluding steroid dienone is 1. The van der Waals surface area contributed by atoms with Gasteiger partial charge in [-0.3, -0.25) is 0 Å². The maximum Gasteiger partial charge on any atom is 0.248 e. The number of rotatable bonds is 3. The topological polar surface area (TPSA) is 55.6 Å². The minimum atomic E-state index is -0.0803. The molecule has 6 heteroatoms. The first kappa shape index (κ1) is 15.8. The van der Waals surface area contributed by atoms with Crippen molar-refractivity contribution in [1.82, 2.24) is 20.2 Å². The third kappa shape index (κ3) is 3.03. The highest BCUT2D eigenvalue weighted by Gasteiger charge is 2.24. The minimum Gasteiger partial charge on any atom is -0.323 e. The summed E-state index contributed by atoms with van der Waals surface area (Å²) in [4.78, 5) is 0. The normalized spacial score (nSPS) is 16.3. The average Bonchev–Trinajstić information content (AvgIpc) is 3.10. The lowest BCUT2D eigenvalue weighted by Crippen LogP contribution is -2.20. The summed E-state index contributed by atoms with van der Waals surface area (Å²) in [5, 5.41) is 16.0. The van der Waals surface area contributed by atoms with Crippen LogP contribution >= 0.6 is 11.6 Å². The van der Waals surface area contributed by atoms with Crippen LogP contribution in [-0.4, -0.2) is 20.2 Å². The Labute approximate surface area is 151 Å². The fourth-order valence-corrected chi connectivity index (χ4v) is 3.09. The van der Waals surface area contributed by atoms with Gasteiger partial charge in [0.2, 0.25) is 5.95 Å². The van der Waals surface area contributed by atoms with Crippen LogP contribution in [0.5, 0.6) is 0 Å². The lowest BCUT2D eigenvalue weighted by Gasteiger charge is -2.23. The molecule has 126 valence electrons. The quantitative estimate of drug-likeness (QED) is 0.754. The predicted molar refractivity (Wildman–Crippen MR) is 99.5 cm³/mol. The summed E-state index contributed by atoms with van der Waals surface area (Å²) >= 11 is 6.02. The molecule has 0 saturated carbocycles. The highest BCUT2D eigenvalue weighted by Crippen LogP contribution is 2.32. The van der Waals surface area contributed by atoms with E-state index in [0.717, 1.165) is 16.8 Å². The highest BCUT2D eigenvalue weighted by atomic mass is 35.5. The number of hydrogen-bond acceptors (Lipinski definition) is 4. The molecule has 1 atom stereocenters. The van der Waals surface area contributed by atoms with Crippen LogP contribution in [0, 0.1) is 0 Å². The van der Waals surface area contributed by atoms with Crippen molar-refractivity contribution in [2.45, 2.75) is 25.8 Å². The summed E-state index contributed by atoms with van der Waals surface area (Å²) in [7, 11) is 0. The summed E-state index contributed by atoms with van der Waals surface area (Å²) in [5.74, 6) is 1.14. The van der Waals surface area contributed by atoms with Gasteiger partial charge in [-0.25, -0.2) is 0 Å². The number of anilines is 1. The zero-order valence-corrected chi connectivity index (χ0v) is 14.8. The first-order chi connectivity index (χ1) is 12.1. The van der Waals surface area contributed by atoms with Crippen LogP contribution in [0.3, 0.4) is 0 Å². The van der Waals surface area contributed by atoms with E-state index in [0.29, 0.717) is 16.9 Å². The van der Waals surface area contributed by atoms with Crippen molar-refractivity contribution in [2.24, 2.45) is 0 Å². The maximum absolute atomic E-state index is 6.02. The molecule has 4 rings (SSSR count). The molecule has 1 aliphatic heterocycles. The number of fused-ring (bicyclic) bond motifs is 1. The Morgan fingerprint density at radius 2 is 1.76 bits per heavy atom. The van der Waals surface area contributed by atoms with Crippen molar-refractivity contribution >= 4 is 23.2 Å². The Morgan fingerprint density at radius 3 is 2.44 bits per heavy atom. The summed E-state index contributed by atoms with van der Waals surface area (Å²) in [6.45, 7) is 4.38. The third-order valence-electron chi connectivity index (χ3n) is 4.43. The molecule has 0 radical (unpaired) electrons. The van der Waals surface area contributed by atoms with Crippen molar-refractivity contribution in [2.75, 3.05) is 5.32 Å². The monoisotopic (exact) mass is 351 g/mol. The Kier molecular flexibility index (Phi) is 4.01. The summed E-state index contributed by atoms with van der Waals surface area (Å²) in [6, 6.07) is 16.3. The fourth-order valence-electron chi connectivity index (χ4n) is 2.97. The van der Waals surface area contributed by atoms with E-state index in [1.807, 2.05) is 24.3 Å². The van der Waals surface area contributed by atoms with Crippen LogP contribution in [0.1, 0.15) is 42.5 Å². The van der Waals surface area contributed by atoms with Crippen molar-refractivity contribution in [3.63, 3.8) is 0 Å². The standard InChI is InChI=1S/C19H18ClN5/c1-12(2)13-3-5-14(6-4-13)17-11-18(15-7-9-16(20)10-8-15)25-19(21-17)22-23-24-25/h3-12,18H,1-2H3,(H,21,22,24)/t18-/m1/s1. The van der Waals surface area contributed by atoms with Crippen molar-refractivity contribution in [3.05, 3.63) is 76.3 Å². The van der Waals surface area contributed by atoms with E-state index in [-0.39, 0.29) is 6.04 Å². The molecule has 0 aliphatic carbocycles. The van der Waals surface area contributed by atoms with Gasteiger partial charge in [0.25, 0.3) is 0 Å². The summed E-state index contributed by atoms with van der Waals surface area (Å²) in [6.07, 6.45) is 2.14. The summed E-state index contributed by atoms with van der Waals surface area (Å²) < 4.78 is 1.77. The molecule has 0 unspecified atom stereocenters. The minimum absolute atomic E-state index is 0.0803. The maximum atomic E-state index is 6.02. The van der Waals surface area contributed by atoms with E-state index in [2.05, 4.69) is 65.0 Å². The van der Waals surface area contributed by atoms with E-state index >= 15 is 0 Å². The molecule has 0 saturated heterocycles. The van der Waals surface area contributed by atoms with Gasteiger partial charge in [-0.2, -0.15) is 4.68 Å². The number of halogens is 1. The van der Waals surface area contributed by atoms with Gasteiger partial charge in [0.05, 0.1) is 0 Å². The molecule has 0 spiro atoms. The van der Waals surface area contributed by atoms with Crippen molar-refractivity contribution in [3.8, 4) is 0 Å². The van der Waals surface area contributed by atoms with Gasteiger partial charge in [-0.1, -0.05) is 66.9 Å². The number of nitrogens with zero attached hydrogens (tertiary/aromatic N) is 4. The number of benzene rings is 2. The van der Waals surface area contributed by atoms with Gasteiger partial charge >= 0.3 is 0 Å². The lowest BCUT2D eigenvalue weighted by molar-refractivity contribution is 0.586. The molecule has 5 nitrogen and oxygen atoms in total. The van der Waals surface area contributed by atoms with Crippen LogP contribution < -0.4 is 5.32 Å². The second-order valence-corrected chi connectivity index (χ2v) is 6.86. The number of aromatic nitrogens is 4. The largest absolute Gasteiger partial charge is 0.323 e. The SMILES string of the molecule is CC(C)c1ccc(C2=C[C@H](c3ccc(Cl)cc3)n3nnnc3N2)cc1. The average molecular weight is 352 g/mol. The molecule has 0 bridgehead atoms. The van der Waals surface area contributed by atoms with E-state index in [4.69, 9.17) is 11.6 Å². The molecule has 1 N–H and O–H groups in total. The zero-order chi connectivity index (χ0) is 17.4. The van der Waals surface area contributed by atoms with Crippen LogP contribution in [0.4, 0.5) is 5.95 Å². The lowest BCUT2D eigenvalue weighted by atomic mass is 9.98. The van der Waals surface area contributed by atoms with Crippen molar-refractivity contribution in [1.29, 1.82) is 0 Å². The Bertz CT molecular complexity index is 910. The second kappa shape index (κ2) is 6.33. The molecular formula is C19H18ClN5. The van der Waals surface area contributed by atoms with Crippen LogP contribution in [0.2, 0.25) is 5.02 Å². The number of nitrogens with one attached hydrogen (secondary N) is 1. The first-order valence-electron chi connectivity index (χ1n) is 8.24. The molecule has 25 heavy (non-hydrogen) atoms. The van der Waals surface area contributed by atoms with Crippen LogP contribution in [-0.2, 0) is 0 Å². The van der Waals surface area contributed by atoms with E-state index in [1.165, 1.54) is 5.56 Å². The molecule has 2 heterocycles. The Morgan fingerprint density at radius 1 is 1.04 bits per heavy atom. The number of tetrazole rings is 1. The summed E-state index contributed by atoms with van der Waals surface area (Å²) in [5.41, 5.74) is 4.50. The van der Waals surface area contributed by atoms with Gasteiger partial charge in [0.15, 0.2) is 0 Å². The smallest absolute Gasteiger partial charge is 0.248 e. The highest BCUT2D eigenvalue weighted by molar-refractivity contribution is 6.30. The molecule has 0 amide bonds.